The SMILES string of the molecule is O=C(O)CC(=O)OC[C@H]1O[C@@H](Oc2cc3c(=O)cc(O[C@@H]4O[C@H](COC(=[OH+])C=Cc5ccc(O)c(O)c5)[C@@H](O)[C@H](O)[C@H]4O)cc-3oc2-c2ccc(O)c(O[C@@H]3O[C@H](CO)[C@@H](O)[C@H](O)[C@H]3O)c2)[C@H](O)[C@@H](O)[C@@H]1O. The number of esters is 2. The maximum atomic E-state index is 13.8. The summed E-state index contributed by atoms with van der Waals surface area (Å²) in [6, 6.07) is 10.2. The average molecular weight is 1020 g/mol. The molecular formula is C45H49O27+. The number of carboxylic acid groups (broad SMARTS) is 1. The van der Waals surface area contributed by atoms with Crippen LogP contribution in [0.1, 0.15) is 12.0 Å². The lowest BCUT2D eigenvalue weighted by atomic mass is 9.99. The summed E-state index contributed by atoms with van der Waals surface area (Å²) in [5.41, 5.74) is -0.954. The van der Waals surface area contributed by atoms with Crippen LogP contribution in [0, 0.1) is 0 Å². The highest BCUT2D eigenvalue weighted by Gasteiger charge is 2.49. The van der Waals surface area contributed by atoms with Gasteiger partial charge in [0.05, 0.1) is 18.2 Å². The van der Waals surface area contributed by atoms with Crippen LogP contribution in [0.25, 0.3) is 28.7 Å². The van der Waals surface area contributed by atoms with Gasteiger partial charge in [-0.2, -0.15) is 0 Å². The minimum absolute atomic E-state index is 0.116. The summed E-state index contributed by atoms with van der Waals surface area (Å²) in [5.74, 6) is -7.00. The number of ether oxygens (including phenoxy) is 8. The number of hydrogen-bond acceptors (Lipinski definition) is 25. The van der Waals surface area contributed by atoms with Crippen molar-refractivity contribution in [3.8, 4) is 57.1 Å². The lowest BCUT2D eigenvalue weighted by Gasteiger charge is -2.40. The third-order valence-electron chi connectivity index (χ3n) is 11.5. The van der Waals surface area contributed by atoms with Crippen LogP contribution in [0.15, 0.2) is 69.9 Å². The number of carbonyl (C=O) groups excluding carboxylic acids is 2. The predicted octanol–water partition coefficient (Wildman–Crippen LogP) is -3.67. The maximum Gasteiger partial charge on any atom is 0.510 e. The monoisotopic (exact) mass is 1020 g/mol. The molecule has 3 saturated heterocycles. The van der Waals surface area contributed by atoms with Crippen LogP contribution in [-0.4, -0.2) is 206 Å². The smallest absolute Gasteiger partial charge is 0.504 e. The van der Waals surface area contributed by atoms with Crippen LogP contribution < -0.4 is 19.6 Å². The minimum Gasteiger partial charge on any atom is -0.504 e. The first-order valence-electron chi connectivity index (χ1n) is 21.5. The van der Waals surface area contributed by atoms with Crippen LogP contribution >= 0.6 is 0 Å². The van der Waals surface area contributed by atoms with Gasteiger partial charge in [0, 0.05) is 17.7 Å². The van der Waals surface area contributed by atoms with Gasteiger partial charge in [-0.1, -0.05) is 6.07 Å². The zero-order chi connectivity index (χ0) is 52.3. The standard InChI is InChI=1S/C45H48O27/c46-13-27-33(55)36(58)40(62)44(70-27)68-25-8-17(3-5-21(25)48)42-26(69-45-41(63)38(60)35(57)29(72-45)15-65-32(54)12-30(51)52)11-19-22(49)9-18(10-24(19)67-42)66-43-39(61)37(59)34(56)28(71-43)14-64-31(53)6-2-16-1-4-20(47)23(50)7-16/h1-11,27-29,33-41,43-48,50,55-63H,12-15H2,(H,51,52)/p+1/t27-,28-,29-,33-,34-,35-,36+,37+,38+,39-,40-,41-,43-,44-,45-/m1/s1. The Labute approximate surface area is 403 Å². The van der Waals surface area contributed by atoms with Gasteiger partial charge < -0.3 is 119 Å². The molecule has 0 unspecified atom stereocenters. The van der Waals surface area contributed by atoms with Gasteiger partial charge in [0.15, 0.2) is 46.0 Å². The molecule has 0 aromatic heterocycles. The van der Waals surface area contributed by atoms with Crippen molar-refractivity contribution in [2.24, 2.45) is 0 Å². The number of rotatable bonds is 16. The van der Waals surface area contributed by atoms with E-state index in [0.717, 1.165) is 36.4 Å². The topological polar surface area (TPSA) is 443 Å². The second-order valence-electron chi connectivity index (χ2n) is 16.5. The first-order chi connectivity index (χ1) is 34.1. The Balaban J connectivity index is 1.19. The van der Waals surface area contributed by atoms with E-state index in [1.807, 2.05) is 0 Å². The molecule has 4 aliphatic heterocycles. The zero-order valence-corrected chi connectivity index (χ0v) is 36.9. The summed E-state index contributed by atoms with van der Waals surface area (Å²) in [5, 5.41) is 144. The summed E-state index contributed by atoms with van der Waals surface area (Å²) in [4.78, 5) is 47.0. The Morgan fingerprint density at radius 2 is 1.17 bits per heavy atom. The highest BCUT2D eigenvalue weighted by atomic mass is 16.7. The van der Waals surface area contributed by atoms with Gasteiger partial charge in [-0.25, -0.2) is 0 Å². The van der Waals surface area contributed by atoms with Gasteiger partial charge in [-0.15, -0.1) is 0 Å². The van der Waals surface area contributed by atoms with Crippen LogP contribution in [0.5, 0.6) is 34.5 Å². The summed E-state index contributed by atoms with van der Waals surface area (Å²) >= 11 is 0. The van der Waals surface area contributed by atoms with E-state index in [1.54, 1.807) is 0 Å². The molecule has 1 aliphatic carbocycles. The molecular weight excluding hydrogens is 972 g/mol. The summed E-state index contributed by atoms with van der Waals surface area (Å²) in [6.07, 6.45) is -26.3. The van der Waals surface area contributed by atoms with E-state index in [0.29, 0.717) is 5.56 Å². The number of fused-ring (bicyclic) bond motifs is 1. The van der Waals surface area contributed by atoms with Gasteiger partial charge in [0.1, 0.15) is 91.7 Å². The number of carboxylic acids is 1. The van der Waals surface area contributed by atoms with Gasteiger partial charge in [0.25, 0.3) is 0 Å². The molecule has 2 aromatic rings. The van der Waals surface area contributed by atoms with Crippen molar-refractivity contribution in [3.63, 3.8) is 0 Å². The van der Waals surface area contributed by atoms with Crippen LogP contribution in [0.3, 0.4) is 0 Å². The number of aliphatic hydroxyl groups excluding tert-OH is 10. The van der Waals surface area contributed by atoms with Crippen molar-refractivity contribution in [2.45, 2.75) is 98.5 Å². The fourth-order valence-corrected chi connectivity index (χ4v) is 7.50. The van der Waals surface area contributed by atoms with Gasteiger partial charge in [-0.3, -0.25) is 14.4 Å². The third kappa shape index (κ3) is 11.8. The molecule has 27 heteroatoms. The van der Waals surface area contributed by atoms with Gasteiger partial charge in [-0.05, 0) is 48.0 Å². The molecule has 0 radical (unpaired) electrons. The second-order valence-corrected chi connectivity index (χ2v) is 16.5. The molecule has 0 spiro atoms. The molecule has 72 heavy (non-hydrogen) atoms. The molecule has 15 N–H and O–H groups in total. The Bertz CT molecular complexity index is 2630. The Morgan fingerprint density at radius 3 is 1.76 bits per heavy atom. The summed E-state index contributed by atoms with van der Waals surface area (Å²) in [7, 11) is 0. The van der Waals surface area contributed by atoms with Gasteiger partial charge >= 0.3 is 17.9 Å². The van der Waals surface area contributed by atoms with Crippen molar-refractivity contribution in [1.29, 1.82) is 0 Å². The number of aliphatic hydroxyl groups is 10. The van der Waals surface area contributed by atoms with E-state index in [4.69, 9.17) is 47.4 Å². The normalized spacial score (nSPS) is 30.7. The molecule has 3 fully saturated rings. The molecule has 15 atom stereocenters. The molecule has 7 rings (SSSR count). The molecule has 0 amide bonds. The van der Waals surface area contributed by atoms with E-state index in [-0.39, 0.29) is 28.4 Å². The van der Waals surface area contributed by atoms with Crippen LogP contribution in [-0.2, 0) is 33.3 Å². The second kappa shape index (κ2) is 22.4. The van der Waals surface area contributed by atoms with Crippen molar-refractivity contribution in [3.05, 3.63) is 76.5 Å². The van der Waals surface area contributed by atoms with Crippen LogP contribution in [0.2, 0.25) is 0 Å². The molecule has 2 aromatic carbocycles. The molecule has 390 valence electrons. The van der Waals surface area contributed by atoms with Crippen molar-refractivity contribution in [2.75, 3.05) is 19.8 Å². The van der Waals surface area contributed by atoms with E-state index in [9.17, 15) is 85.6 Å². The minimum atomic E-state index is -2.08. The molecule has 4 heterocycles. The van der Waals surface area contributed by atoms with E-state index in [1.165, 1.54) is 30.3 Å². The fourth-order valence-electron chi connectivity index (χ4n) is 7.50. The Hall–Kier alpha value is -6.70. The number of phenols is 3. The predicted molar refractivity (Wildman–Crippen MR) is 233 cm³/mol. The Kier molecular flexibility index (Phi) is 16.5. The highest BCUT2D eigenvalue weighted by Crippen LogP contribution is 2.42. The van der Waals surface area contributed by atoms with E-state index in [2.05, 4.69) is 0 Å². The lowest BCUT2D eigenvalue weighted by Crippen LogP contribution is -2.60. The van der Waals surface area contributed by atoms with Gasteiger partial charge in [0.2, 0.25) is 25.5 Å². The highest BCUT2D eigenvalue weighted by molar-refractivity contribution is 5.90. The maximum absolute atomic E-state index is 13.8. The first-order valence-corrected chi connectivity index (χ1v) is 21.5. The lowest BCUT2D eigenvalue weighted by molar-refractivity contribution is -0.278. The molecule has 5 aliphatic rings. The van der Waals surface area contributed by atoms with E-state index >= 15 is 0 Å². The number of hydrogen-bond donors (Lipinski definition) is 14. The van der Waals surface area contributed by atoms with Crippen molar-refractivity contribution in [1.82, 2.24) is 0 Å². The number of aromatic hydroxyl groups is 3. The molecule has 0 saturated carbocycles. The van der Waals surface area contributed by atoms with E-state index < -0.39 is 170 Å². The summed E-state index contributed by atoms with van der Waals surface area (Å²) in [6.45, 7) is -2.31. The fraction of sp³-hybridized carbons (Fsp3) is 0.422. The molecule has 0 bridgehead atoms. The molecule has 27 nitrogen and oxygen atoms in total. The number of benzene rings is 3. The van der Waals surface area contributed by atoms with Crippen LogP contribution in [0.4, 0.5) is 0 Å². The largest absolute Gasteiger partial charge is 0.510 e. The third-order valence-corrected chi connectivity index (χ3v) is 11.5. The number of aliphatic carboxylic acids is 1. The average Bonchev–Trinajstić information content (AvgIpc) is 3.34. The first kappa shape index (κ1) is 53.1. The summed E-state index contributed by atoms with van der Waals surface area (Å²) < 4.78 is 50.4. The van der Waals surface area contributed by atoms with Crippen molar-refractivity contribution < 1.29 is 128 Å². The Morgan fingerprint density at radius 1 is 0.611 bits per heavy atom. The number of carbonyl (C=O) groups is 2. The number of phenolic OH excluding ortho intramolecular Hbond substituents is 3. The van der Waals surface area contributed by atoms with Crippen molar-refractivity contribution >= 4 is 24.0 Å². The quantitative estimate of drug-likeness (QED) is 0.0169. The zero-order valence-electron chi connectivity index (χ0n) is 36.9.